The molecule has 0 aromatic heterocycles. The highest BCUT2D eigenvalue weighted by Gasteiger charge is 2.38. The minimum Gasteiger partial charge on any atom is -0.329 e. The molecule has 0 bridgehead atoms. The standard InChI is InChI=1S/C16H23N3O2/c1-5-18(4)9-15(21)19-10-16(2,3)13-7-6-12(17-11-20)8-14(13)19/h6-8,11H,5,9-10H2,1-4H3,(H,17,20). The van der Waals surface area contributed by atoms with Gasteiger partial charge in [0.1, 0.15) is 0 Å². The quantitative estimate of drug-likeness (QED) is 0.841. The fourth-order valence-electron chi connectivity index (χ4n) is 2.70. The van der Waals surface area contributed by atoms with Crippen LogP contribution >= 0.6 is 0 Å². The lowest BCUT2D eigenvalue weighted by Gasteiger charge is -2.23. The highest BCUT2D eigenvalue weighted by atomic mass is 16.2. The van der Waals surface area contributed by atoms with E-state index >= 15 is 0 Å². The van der Waals surface area contributed by atoms with Crippen molar-refractivity contribution in [2.75, 3.05) is 36.9 Å². The molecule has 0 spiro atoms. The first-order valence-electron chi connectivity index (χ1n) is 7.22. The zero-order valence-corrected chi connectivity index (χ0v) is 13.1. The molecule has 1 heterocycles. The van der Waals surface area contributed by atoms with Crippen LogP contribution in [-0.2, 0) is 15.0 Å². The molecule has 0 atom stereocenters. The zero-order valence-electron chi connectivity index (χ0n) is 13.1. The number of likely N-dealkylation sites (N-methyl/N-ethyl adjacent to an activating group) is 1. The van der Waals surface area contributed by atoms with Gasteiger partial charge in [-0.2, -0.15) is 0 Å². The Morgan fingerprint density at radius 1 is 1.48 bits per heavy atom. The molecule has 1 aromatic rings. The molecule has 5 nitrogen and oxygen atoms in total. The predicted molar refractivity (Wildman–Crippen MR) is 84.7 cm³/mol. The summed E-state index contributed by atoms with van der Waals surface area (Å²) in [6.07, 6.45) is 0.652. The van der Waals surface area contributed by atoms with Gasteiger partial charge < -0.3 is 10.2 Å². The number of fused-ring (bicyclic) bond motifs is 1. The second kappa shape index (κ2) is 5.85. The van der Waals surface area contributed by atoms with Crippen molar-refractivity contribution in [3.05, 3.63) is 23.8 Å². The molecule has 1 aromatic carbocycles. The van der Waals surface area contributed by atoms with Gasteiger partial charge in [-0.25, -0.2) is 0 Å². The summed E-state index contributed by atoms with van der Waals surface area (Å²) in [4.78, 5) is 26.9. The minimum atomic E-state index is -0.0739. The lowest BCUT2D eigenvalue weighted by molar-refractivity contribution is -0.119. The largest absolute Gasteiger partial charge is 0.329 e. The predicted octanol–water partition coefficient (Wildman–Crippen LogP) is 1.83. The summed E-state index contributed by atoms with van der Waals surface area (Å²) in [6.45, 7) is 8.20. The lowest BCUT2D eigenvalue weighted by Crippen LogP contribution is -2.40. The van der Waals surface area contributed by atoms with E-state index in [1.165, 1.54) is 0 Å². The van der Waals surface area contributed by atoms with E-state index < -0.39 is 0 Å². The first-order valence-corrected chi connectivity index (χ1v) is 7.22. The number of nitrogens with zero attached hydrogens (tertiary/aromatic N) is 2. The van der Waals surface area contributed by atoms with Gasteiger partial charge in [0.05, 0.1) is 6.54 Å². The molecular formula is C16H23N3O2. The van der Waals surface area contributed by atoms with E-state index in [2.05, 4.69) is 19.2 Å². The van der Waals surface area contributed by atoms with Crippen LogP contribution in [0.5, 0.6) is 0 Å². The summed E-state index contributed by atoms with van der Waals surface area (Å²) in [5.74, 6) is 0.0921. The van der Waals surface area contributed by atoms with Crippen molar-refractivity contribution in [3.63, 3.8) is 0 Å². The Kier molecular flexibility index (Phi) is 4.32. The summed E-state index contributed by atoms with van der Waals surface area (Å²) in [5, 5.41) is 2.65. The molecule has 114 valence electrons. The van der Waals surface area contributed by atoms with Crippen molar-refractivity contribution in [1.82, 2.24) is 4.90 Å². The SMILES string of the molecule is CCN(C)CC(=O)N1CC(C)(C)c2ccc(NC=O)cc21. The molecule has 1 aliphatic heterocycles. The molecule has 1 aliphatic rings. The summed E-state index contributed by atoms with van der Waals surface area (Å²) in [6, 6.07) is 5.75. The van der Waals surface area contributed by atoms with Crippen LogP contribution < -0.4 is 10.2 Å². The smallest absolute Gasteiger partial charge is 0.241 e. The van der Waals surface area contributed by atoms with Crippen LogP contribution in [0, 0.1) is 0 Å². The Morgan fingerprint density at radius 2 is 2.19 bits per heavy atom. The lowest BCUT2D eigenvalue weighted by atomic mass is 9.87. The molecule has 2 amide bonds. The van der Waals surface area contributed by atoms with Crippen molar-refractivity contribution in [3.8, 4) is 0 Å². The second-order valence-corrected chi connectivity index (χ2v) is 6.19. The van der Waals surface area contributed by atoms with Gasteiger partial charge in [-0.05, 0) is 31.3 Å². The van der Waals surface area contributed by atoms with Crippen molar-refractivity contribution in [2.24, 2.45) is 0 Å². The highest BCUT2D eigenvalue weighted by molar-refractivity contribution is 5.98. The van der Waals surface area contributed by atoms with Gasteiger partial charge in [-0.1, -0.05) is 26.8 Å². The highest BCUT2D eigenvalue weighted by Crippen LogP contribution is 2.41. The molecule has 0 radical (unpaired) electrons. The minimum absolute atomic E-state index is 0.0739. The Morgan fingerprint density at radius 3 is 2.81 bits per heavy atom. The number of rotatable bonds is 5. The van der Waals surface area contributed by atoms with Gasteiger partial charge in [0.25, 0.3) is 0 Å². The molecule has 21 heavy (non-hydrogen) atoms. The van der Waals surface area contributed by atoms with Crippen LogP contribution in [-0.4, -0.2) is 43.9 Å². The summed E-state index contributed by atoms with van der Waals surface area (Å²) < 4.78 is 0. The monoisotopic (exact) mass is 289 g/mol. The number of hydrogen-bond acceptors (Lipinski definition) is 3. The molecule has 0 saturated heterocycles. The Labute approximate surface area is 125 Å². The third-order valence-electron chi connectivity index (χ3n) is 4.04. The van der Waals surface area contributed by atoms with Crippen LogP contribution in [0.3, 0.4) is 0 Å². The Hall–Kier alpha value is -1.88. The van der Waals surface area contributed by atoms with E-state index in [0.29, 0.717) is 25.2 Å². The Bertz CT molecular complexity index is 554. The van der Waals surface area contributed by atoms with Gasteiger partial charge in [0.2, 0.25) is 12.3 Å². The van der Waals surface area contributed by atoms with E-state index in [0.717, 1.165) is 17.8 Å². The van der Waals surface area contributed by atoms with E-state index in [-0.39, 0.29) is 11.3 Å². The topological polar surface area (TPSA) is 52.7 Å². The van der Waals surface area contributed by atoms with Crippen LogP contribution in [0.15, 0.2) is 18.2 Å². The molecule has 2 rings (SSSR count). The van der Waals surface area contributed by atoms with Gasteiger partial charge in [0.15, 0.2) is 0 Å². The van der Waals surface area contributed by atoms with Crippen molar-refractivity contribution in [1.29, 1.82) is 0 Å². The number of carbonyl (C=O) groups excluding carboxylic acids is 2. The van der Waals surface area contributed by atoms with E-state index in [4.69, 9.17) is 0 Å². The first kappa shape index (κ1) is 15.5. The Balaban J connectivity index is 2.33. The maximum absolute atomic E-state index is 12.5. The first-order chi connectivity index (χ1) is 9.89. The molecule has 1 N–H and O–H groups in total. The number of amides is 2. The molecule has 0 saturated carbocycles. The zero-order chi connectivity index (χ0) is 15.6. The molecular weight excluding hydrogens is 266 g/mol. The number of carbonyl (C=O) groups is 2. The van der Waals surface area contributed by atoms with Gasteiger partial charge in [-0.3, -0.25) is 14.5 Å². The molecule has 5 heteroatoms. The van der Waals surface area contributed by atoms with E-state index in [9.17, 15) is 9.59 Å². The number of anilines is 2. The van der Waals surface area contributed by atoms with Gasteiger partial charge in [0, 0.05) is 23.3 Å². The molecule has 0 fully saturated rings. The van der Waals surface area contributed by atoms with Crippen LogP contribution in [0.2, 0.25) is 0 Å². The molecule has 0 aliphatic carbocycles. The van der Waals surface area contributed by atoms with Crippen molar-refractivity contribution in [2.45, 2.75) is 26.2 Å². The summed E-state index contributed by atoms with van der Waals surface area (Å²) >= 11 is 0. The van der Waals surface area contributed by atoms with Crippen LogP contribution in [0.1, 0.15) is 26.3 Å². The maximum Gasteiger partial charge on any atom is 0.241 e. The maximum atomic E-state index is 12.5. The second-order valence-electron chi connectivity index (χ2n) is 6.19. The van der Waals surface area contributed by atoms with Crippen molar-refractivity contribution >= 4 is 23.7 Å². The third kappa shape index (κ3) is 3.08. The fraction of sp³-hybridized carbons (Fsp3) is 0.500. The number of nitrogens with one attached hydrogen (secondary N) is 1. The van der Waals surface area contributed by atoms with Crippen LogP contribution in [0.25, 0.3) is 0 Å². The van der Waals surface area contributed by atoms with Gasteiger partial charge >= 0.3 is 0 Å². The van der Waals surface area contributed by atoms with Gasteiger partial charge in [-0.15, -0.1) is 0 Å². The summed E-state index contributed by atoms with van der Waals surface area (Å²) in [7, 11) is 1.93. The van der Waals surface area contributed by atoms with E-state index in [1.54, 1.807) is 0 Å². The van der Waals surface area contributed by atoms with Crippen molar-refractivity contribution < 1.29 is 9.59 Å². The average Bonchev–Trinajstić information content (AvgIpc) is 2.70. The molecule has 0 unspecified atom stereocenters. The van der Waals surface area contributed by atoms with Crippen LogP contribution in [0.4, 0.5) is 11.4 Å². The third-order valence-corrected chi connectivity index (χ3v) is 4.04. The normalized spacial score (nSPS) is 16.0. The summed E-state index contributed by atoms with van der Waals surface area (Å²) in [5.41, 5.74) is 2.69. The number of benzene rings is 1. The number of hydrogen-bond donors (Lipinski definition) is 1. The average molecular weight is 289 g/mol. The fourth-order valence-corrected chi connectivity index (χ4v) is 2.70. The van der Waals surface area contributed by atoms with E-state index in [1.807, 2.05) is 42.0 Å².